The number of nitrogens with one attached hydrogen (secondary N) is 2. The van der Waals surface area contributed by atoms with Crippen LogP contribution in [0.3, 0.4) is 0 Å². The van der Waals surface area contributed by atoms with Gasteiger partial charge in [-0.1, -0.05) is 66.9 Å². The van der Waals surface area contributed by atoms with E-state index in [-0.39, 0.29) is 16.6 Å². The lowest BCUT2D eigenvalue weighted by molar-refractivity contribution is -0.120. The number of carbonyl (C=O) groups is 3. The minimum absolute atomic E-state index is 0.0459. The standard InChI is InChI=1S/C27H23Cl2N3O3/c1-2-3-7-17-12-14-20(15-13-17)32-26(34)23(29)24(27(32)35)30-19-9-6-8-18(16-19)25(33)31-22-11-5-4-10-21(22)28/h4-6,8-16,30H,2-3,7H2,1H3,(H,31,33). The molecular weight excluding hydrogens is 485 g/mol. The Morgan fingerprint density at radius 3 is 2.37 bits per heavy atom. The molecule has 3 aromatic rings. The van der Waals surface area contributed by atoms with Crippen molar-refractivity contribution in [3.05, 3.63) is 99.7 Å². The van der Waals surface area contributed by atoms with Crippen LogP contribution in [0.15, 0.2) is 83.5 Å². The van der Waals surface area contributed by atoms with Gasteiger partial charge in [0.2, 0.25) is 0 Å². The Morgan fingerprint density at radius 1 is 0.914 bits per heavy atom. The summed E-state index contributed by atoms with van der Waals surface area (Å²) in [6, 6.07) is 20.7. The van der Waals surface area contributed by atoms with Gasteiger partial charge in [-0.25, -0.2) is 4.90 Å². The van der Waals surface area contributed by atoms with Crippen molar-refractivity contribution < 1.29 is 14.4 Å². The maximum absolute atomic E-state index is 13.1. The lowest BCUT2D eigenvalue weighted by atomic mass is 10.1. The number of hydrogen-bond acceptors (Lipinski definition) is 4. The summed E-state index contributed by atoms with van der Waals surface area (Å²) in [7, 11) is 0. The number of rotatable bonds is 8. The zero-order chi connectivity index (χ0) is 24.9. The van der Waals surface area contributed by atoms with Gasteiger partial charge in [0.25, 0.3) is 17.7 Å². The fourth-order valence-electron chi connectivity index (χ4n) is 3.68. The van der Waals surface area contributed by atoms with Gasteiger partial charge in [0.15, 0.2) is 0 Å². The number of aryl methyl sites for hydroxylation is 1. The molecule has 3 aromatic carbocycles. The first-order valence-electron chi connectivity index (χ1n) is 11.2. The molecule has 35 heavy (non-hydrogen) atoms. The second-order valence-corrected chi connectivity index (χ2v) is 8.83. The highest BCUT2D eigenvalue weighted by Crippen LogP contribution is 2.31. The van der Waals surface area contributed by atoms with Gasteiger partial charge >= 0.3 is 0 Å². The quantitative estimate of drug-likeness (QED) is 0.347. The zero-order valence-electron chi connectivity index (χ0n) is 19.0. The second-order valence-electron chi connectivity index (χ2n) is 8.04. The van der Waals surface area contributed by atoms with Crippen molar-refractivity contribution in [3.8, 4) is 0 Å². The van der Waals surface area contributed by atoms with Crippen LogP contribution in [0.1, 0.15) is 35.7 Å². The molecule has 1 aliphatic heterocycles. The van der Waals surface area contributed by atoms with Crippen molar-refractivity contribution in [2.24, 2.45) is 0 Å². The van der Waals surface area contributed by atoms with Gasteiger partial charge in [-0.2, -0.15) is 0 Å². The van der Waals surface area contributed by atoms with E-state index in [1.807, 2.05) is 12.1 Å². The Hall–Kier alpha value is -3.61. The van der Waals surface area contributed by atoms with E-state index in [0.29, 0.717) is 27.6 Å². The molecule has 4 rings (SSSR count). The van der Waals surface area contributed by atoms with Crippen LogP contribution in [-0.2, 0) is 16.0 Å². The molecular formula is C27H23Cl2N3O3. The zero-order valence-corrected chi connectivity index (χ0v) is 20.5. The van der Waals surface area contributed by atoms with Crippen LogP contribution < -0.4 is 15.5 Å². The van der Waals surface area contributed by atoms with Crippen molar-refractivity contribution >= 4 is 58.0 Å². The van der Waals surface area contributed by atoms with Gasteiger partial charge in [0.05, 0.1) is 16.4 Å². The third-order valence-corrected chi connectivity index (χ3v) is 6.24. The van der Waals surface area contributed by atoms with E-state index < -0.39 is 11.8 Å². The minimum Gasteiger partial charge on any atom is -0.350 e. The average molecular weight is 508 g/mol. The second kappa shape index (κ2) is 10.8. The molecule has 0 bridgehead atoms. The highest BCUT2D eigenvalue weighted by atomic mass is 35.5. The monoisotopic (exact) mass is 507 g/mol. The molecule has 0 unspecified atom stereocenters. The van der Waals surface area contributed by atoms with Gasteiger partial charge in [-0.05, 0) is 60.9 Å². The number of hydrogen-bond donors (Lipinski definition) is 2. The van der Waals surface area contributed by atoms with E-state index in [1.54, 1.807) is 60.7 Å². The Labute approximate surface area is 213 Å². The molecule has 0 radical (unpaired) electrons. The van der Waals surface area contributed by atoms with Crippen LogP contribution in [0.25, 0.3) is 0 Å². The van der Waals surface area contributed by atoms with Crippen molar-refractivity contribution in [1.82, 2.24) is 0 Å². The fourth-order valence-corrected chi connectivity index (χ4v) is 4.07. The normalized spacial score (nSPS) is 13.4. The summed E-state index contributed by atoms with van der Waals surface area (Å²) in [5.74, 6) is -1.54. The van der Waals surface area contributed by atoms with Crippen LogP contribution in [-0.4, -0.2) is 17.7 Å². The third kappa shape index (κ3) is 5.39. The van der Waals surface area contributed by atoms with E-state index in [4.69, 9.17) is 23.2 Å². The molecule has 1 heterocycles. The maximum atomic E-state index is 13.1. The van der Waals surface area contributed by atoms with Crippen LogP contribution in [0, 0.1) is 0 Å². The predicted octanol–water partition coefficient (Wildman–Crippen LogP) is 6.37. The molecule has 0 spiro atoms. The average Bonchev–Trinajstić information content (AvgIpc) is 3.07. The van der Waals surface area contributed by atoms with Crippen LogP contribution >= 0.6 is 23.2 Å². The molecule has 0 fully saturated rings. The van der Waals surface area contributed by atoms with Crippen molar-refractivity contribution in [2.45, 2.75) is 26.2 Å². The molecule has 8 heteroatoms. The van der Waals surface area contributed by atoms with E-state index >= 15 is 0 Å². The number of amides is 3. The van der Waals surface area contributed by atoms with Gasteiger partial charge < -0.3 is 10.6 Å². The molecule has 0 saturated carbocycles. The van der Waals surface area contributed by atoms with Crippen molar-refractivity contribution in [3.63, 3.8) is 0 Å². The van der Waals surface area contributed by atoms with Crippen LogP contribution in [0.2, 0.25) is 5.02 Å². The first-order valence-corrected chi connectivity index (χ1v) is 11.9. The Kier molecular flexibility index (Phi) is 7.54. The number of imide groups is 1. The molecule has 0 atom stereocenters. The molecule has 178 valence electrons. The van der Waals surface area contributed by atoms with E-state index in [1.165, 1.54) is 0 Å². The summed E-state index contributed by atoms with van der Waals surface area (Å²) in [6.07, 6.45) is 3.09. The number of benzene rings is 3. The lowest BCUT2D eigenvalue weighted by Crippen LogP contribution is -2.32. The summed E-state index contributed by atoms with van der Waals surface area (Å²) in [5.41, 5.74) is 2.79. The first kappa shape index (κ1) is 24.5. The molecule has 0 aliphatic carbocycles. The Bertz CT molecular complexity index is 1320. The summed E-state index contributed by atoms with van der Waals surface area (Å²) in [5, 5.41) is 5.87. The lowest BCUT2D eigenvalue weighted by Gasteiger charge is -2.16. The van der Waals surface area contributed by atoms with Crippen LogP contribution in [0.4, 0.5) is 17.1 Å². The van der Waals surface area contributed by atoms with Gasteiger partial charge in [-0.15, -0.1) is 0 Å². The van der Waals surface area contributed by atoms with E-state index in [0.717, 1.165) is 29.7 Å². The SMILES string of the molecule is CCCCc1ccc(N2C(=O)C(Cl)=C(Nc3cccc(C(=O)Nc4ccccc4Cl)c3)C2=O)cc1. The smallest absolute Gasteiger partial charge is 0.283 e. The molecule has 3 amide bonds. The molecule has 2 N–H and O–H groups in total. The van der Waals surface area contributed by atoms with Gasteiger partial charge in [0.1, 0.15) is 10.7 Å². The summed E-state index contributed by atoms with van der Waals surface area (Å²) >= 11 is 12.4. The largest absolute Gasteiger partial charge is 0.350 e. The number of nitrogens with zero attached hydrogens (tertiary/aromatic N) is 1. The third-order valence-electron chi connectivity index (χ3n) is 5.56. The summed E-state index contributed by atoms with van der Waals surface area (Å²) in [6.45, 7) is 2.12. The van der Waals surface area contributed by atoms with Crippen molar-refractivity contribution in [1.29, 1.82) is 0 Å². The Balaban J connectivity index is 1.50. The number of anilines is 3. The summed E-state index contributed by atoms with van der Waals surface area (Å²) in [4.78, 5) is 39.6. The van der Waals surface area contributed by atoms with Gasteiger partial charge in [0, 0.05) is 11.3 Å². The Morgan fingerprint density at radius 2 is 1.66 bits per heavy atom. The summed E-state index contributed by atoms with van der Waals surface area (Å²) < 4.78 is 0. The number of halogens is 2. The fraction of sp³-hybridized carbons (Fsp3) is 0.148. The van der Waals surface area contributed by atoms with E-state index in [2.05, 4.69) is 17.6 Å². The van der Waals surface area contributed by atoms with Crippen LogP contribution in [0.5, 0.6) is 0 Å². The number of unbranched alkanes of at least 4 members (excludes halogenated alkanes) is 1. The van der Waals surface area contributed by atoms with Crippen molar-refractivity contribution in [2.75, 3.05) is 15.5 Å². The topological polar surface area (TPSA) is 78.5 Å². The maximum Gasteiger partial charge on any atom is 0.283 e. The first-order chi connectivity index (χ1) is 16.9. The highest BCUT2D eigenvalue weighted by molar-refractivity contribution is 6.53. The highest BCUT2D eigenvalue weighted by Gasteiger charge is 2.39. The number of carbonyl (C=O) groups excluding carboxylic acids is 3. The predicted molar refractivity (Wildman–Crippen MR) is 140 cm³/mol. The van der Waals surface area contributed by atoms with Gasteiger partial charge in [-0.3, -0.25) is 14.4 Å². The molecule has 0 saturated heterocycles. The molecule has 1 aliphatic rings. The number of para-hydroxylation sites is 1. The van der Waals surface area contributed by atoms with E-state index in [9.17, 15) is 14.4 Å². The molecule has 0 aromatic heterocycles. The molecule has 6 nitrogen and oxygen atoms in total. The minimum atomic E-state index is -0.604.